The van der Waals surface area contributed by atoms with E-state index in [1.165, 1.54) is 7.11 Å². The number of rotatable bonds is 1. The molecule has 0 fully saturated rings. The number of carbonyl (C=O) groups excluding carboxylic acids is 1. The third-order valence-electron chi connectivity index (χ3n) is 1.60. The summed E-state index contributed by atoms with van der Waals surface area (Å²) < 4.78 is 4.45. The molecule has 0 aliphatic carbocycles. The minimum Gasteiger partial charge on any atom is -0.468 e. The number of ether oxygens (including phenoxy) is 1. The first kappa shape index (κ1) is 10.3. The van der Waals surface area contributed by atoms with Gasteiger partial charge in [-0.15, -0.1) is 0 Å². The standard InChI is InChI=1S/C11H11NO2/c1-9-6-7-10(8-12-9)4-3-5-11(13)14-2/h6-8H,5H2,1-2H3. The Balaban J connectivity index is 2.59. The first-order valence-corrected chi connectivity index (χ1v) is 4.20. The molecule has 0 N–H and O–H groups in total. The Bertz CT molecular complexity index is 371. The van der Waals surface area contributed by atoms with Crippen LogP contribution in [0, 0.1) is 18.8 Å². The lowest BCUT2D eigenvalue weighted by Gasteiger charge is -1.91. The van der Waals surface area contributed by atoms with Crippen LogP contribution in [-0.4, -0.2) is 18.1 Å². The number of aromatic nitrogens is 1. The number of hydrogen-bond acceptors (Lipinski definition) is 3. The zero-order valence-electron chi connectivity index (χ0n) is 8.20. The van der Waals surface area contributed by atoms with Crippen LogP contribution in [-0.2, 0) is 9.53 Å². The second kappa shape index (κ2) is 5.03. The van der Waals surface area contributed by atoms with Gasteiger partial charge in [-0.3, -0.25) is 9.78 Å². The van der Waals surface area contributed by atoms with Crippen molar-refractivity contribution in [2.45, 2.75) is 13.3 Å². The first-order chi connectivity index (χ1) is 6.72. The maximum atomic E-state index is 10.7. The van der Waals surface area contributed by atoms with Crippen LogP contribution in [0.4, 0.5) is 0 Å². The van der Waals surface area contributed by atoms with Crippen LogP contribution in [0.2, 0.25) is 0 Å². The summed E-state index contributed by atoms with van der Waals surface area (Å²) >= 11 is 0. The Morgan fingerprint density at radius 3 is 2.93 bits per heavy atom. The van der Waals surface area contributed by atoms with Gasteiger partial charge in [0.25, 0.3) is 0 Å². The lowest BCUT2D eigenvalue weighted by molar-refractivity contribution is -0.139. The van der Waals surface area contributed by atoms with Crippen molar-refractivity contribution in [3.8, 4) is 11.8 Å². The molecule has 0 amide bonds. The molecule has 0 atom stereocenters. The molecule has 0 spiro atoms. The van der Waals surface area contributed by atoms with E-state index in [4.69, 9.17) is 0 Å². The predicted molar refractivity (Wildman–Crippen MR) is 52.5 cm³/mol. The summed E-state index contributed by atoms with van der Waals surface area (Å²) in [6, 6.07) is 3.74. The van der Waals surface area contributed by atoms with Crippen molar-refractivity contribution in [1.29, 1.82) is 0 Å². The molecule has 0 radical (unpaired) electrons. The van der Waals surface area contributed by atoms with Crippen molar-refractivity contribution < 1.29 is 9.53 Å². The largest absolute Gasteiger partial charge is 0.468 e. The summed E-state index contributed by atoms with van der Waals surface area (Å²) in [4.78, 5) is 14.8. The van der Waals surface area contributed by atoms with E-state index >= 15 is 0 Å². The Kier molecular flexibility index (Phi) is 3.69. The topological polar surface area (TPSA) is 39.2 Å². The monoisotopic (exact) mass is 189 g/mol. The smallest absolute Gasteiger partial charge is 0.317 e. The summed E-state index contributed by atoms with van der Waals surface area (Å²) in [5.74, 6) is 5.21. The van der Waals surface area contributed by atoms with E-state index in [1.807, 2.05) is 19.1 Å². The van der Waals surface area contributed by atoms with Crippen LogP contribution in [0.15, 0.2) is 18.3 Å². The summed E-state index contributed by atoms with van der Waals surface area (Å²) in [5.41, 5.74) is 1.75. The van der Waals surface area contributed by atoms with Gasteiger partial charge in [-0.2, -0.15) is 0 Å². The molecule has 0 aromatic carbocycles. The van der Waals surface area contributed by atoms with E-state index in [2.05, 4.69) is 21.6 Å². The fourth-order valence-corrected chi connectivity index (χ4v) is 0.832. The van der Waals surface area contributed by atoms with Crippen LogP contribution < -0.4 is 0 Å². The third-order valence-corrected chi connectivity index (χ3v) is 1.60. The molecule has 0 bridgehead atoms. The van der Waals surface area contributed by atoms with Crippen molar-refractivity contribution in [1.82, 2.24) is 4.98 Å². The first-order valence-electron chi connectivity index (χ1n) is 4.20. The second-order valence-corrected chi connectivity index (χ2v) is 2.74. The average Bonchev–Trinajstić information content (AvgIpc) is 2.21. The van der Waals surface area contributed by atoms with E-state index in [-0.39, 0.29) is 12.4 Å². The number of methoxy groups -OCH3 is 1. The van der Waals surface area contributed by atoms with E-state index < -0.39 is 0 Å². The zero-order valence-corrected chi connectivity index (χ0v) is 8.20. The summed E-state index contributed by atoms with van der Waals surface area (Å²) in [7, 11) is 1.34. The molecule has 1 aromatic heterocycles. The van der Waals surface area contributed by atoms with Gasteiger partial charge in [-0.25, -0.2) is 0 Å². The lowest BCUT2D eigenvalue weighted by Crippen LogP contribution is -1.97. The predicted octanol–water partition coefficient (Wildman–Crippen LogP) is 1.30. The highest BCUT2D eigenvalue weighted by Crippen LogP contribution is 1.96. The Morgan fingerprint density at radius 2 is 2.36 bits per heavy atom. The minimum absolute atomic E-state index is 0.115. The fraction of sp³-hybridized carbons (Fsp3) is 0.273. The molecule has 0 unspecified atom stereocenters. The zero-order chi connectivity index (χ0) is 10.4. The minimum atomic E-state index is -0.322. The van der Waals surface area contributed by atoms with Crippen molar-refractivity contribution in [2.75, 3.05) is 7.11 Å². The molecule has 3 heteroatoms. The molecule has 3 nitrogen and oxygen atoms in total. The molecule has 0 aliphatic heterocycles. The number of pyridine rings is 1. The Hall–Kier alpha value is -1.82. The highest BCUT2D eigenvalue weighted by molar-refractivity contribution is 5.72. The molecule has 14 heavy (non-hydrogen) atoms. The molecule has 72 valence electrons. The van der Waals surface area contributed by atoms with Gasteiger partial charge in [-0.05, 0) is 19.1 Å². The highest BCUT2D eigenvalue weighted by atomic mass is 16.5. The van der Waals surface area contributed by atoms with Gasteiger partial charge < -0.3 is 4.74 Å². The number of aryl methyl sites for hydroxylation is 1. The molecule has 0 saturated heterocycles. The molecule has 1 heterocycles. The second-order valence-electron chi connectivity index (χ2n) is 2.74. The van der Waals surface area contributed by atoms with Gasteiger partial charge in [0, 0.05) is 17.5 Å². The molecular formula is C11H11NO2. The summed E-state index contributed by atoms with van der Waals surface area (Å²) in [5, 5.41) is 0. The van der Waals surface area contributed by atoms with Crippen molar-refractivity contribution in [3.05, 3.63) is 29.6 Å². The Morgan fingerprint density at radius 1 is 1.57 bits per heavy atom. The normalized spacial score (nSPS) is 8.71. The third kappa shape index (κ3) is 3.28. The lowest BCUT2D eigenvalue weighted by atomic mass is 10.2. The maximum Gasteiger partial charge on any atom is 0.317 e. The maximum absolute atomic E-state index is 10.7. The van der Waals surface area contributed by atoms with Crippen LogP contribution in [0.5, 0.6) is 0 Å². The molecular weight excluding hydrogens is 178 g/mol. The van der Waals surface area contributed by atoms with Gasteiger partial charge in [0.1, 0.15) is 6.42 Å². The number of esters is 1. The fourth-order valence-electron chi connectivity index (χ4n) is 0.832. The van der Waals surface area contributed by atoms with E-state index in [0.29, 0.717) is 0 Å². The molecule has 0 aliphatic rings. The van der Waals surface area contributed by atoms with E-state index in [9.17, 15) is 4.79 Å². The molecule has 1 rings (SSSR count). The van der Waals surface area contributed by atoms with Crippen molar-refractivity contribution >= 4 is 5.97 Å². The number of hydrogen-bond donors (Lipinski definition) is 0. The van der Waals surface area contributed by atoms with Crippen molar-refractivity contribution in [2.24, 2.45) is 0 Å². The van der Waals surface area contributed by atoms with Crippen LogP contribution in [0.25, 0.3) is 0 Å². The van der Waals surface area contributed by atoms with Crippen LogP contribution in [0.1, 0.15) is 17.7 Å². The van der Waals surface area contributed by atoms with Gasteiger partial charge in [0.2, 0.25) is 0 Å². The SMILES string of the molecule is COC(=O)CC#Cc1ccc(C)nc1. The van der Waals surface area contributed by atoms with Crippen LogP contribution in [0.3, 0.4) is 0 Å². The molecule has 1 aromatic rings. The molecule has 0 saturated carbocycles. The number of nitrogens with zero attached hydrogens (tertiary/aromatic N) is 1. The summed E-state index contributed by atoms with van der Waals surface area (Å²) in [6.45, 7) is 1.91. The Labute approximate surface area is 83.1 Å². The van der Waals surface area contributed by atoms with Gasteiger partial charge in [0.15, 0.2) is 0 Å². The highest BCUT2D eigenvalue weighted by Gasteiger charge is 1.93. The summed E-state index contributed by atoms with van der Waals surface area (Å²) in [6.07, 6.45) is 1.80. The van der Waals surface area contributed by atoms with Gasteiger partial charge >= 0.3 is 5.97 Å². The van der Waals surface area contributed by atoms with Gasteiger partial charge in [0.05, 0.1) is 7.11 Å². The van der Waals surface area contributed by atoms with Crippen LogP contribution >= 0.6 is 0 Å². The van der Waals surface area contributed by atoms with Gasteiger partial charge in [-0.1, -0.05) is 11.8 Å². The van der Waals surface area contributed by atoms with E-state index in [0.717, 1.165) is 11.3 Å². The average molecular weight is 189 g/mol. The quantitative estimate of drug-likeness (QED) is 0.494. The van der Waals surface area contributed by atoms with Crippen molar-refractivity contribution in [3.63, 3.8) is 0 Å². The van der Waals surface area contributed by atoms with E-state index in [1.54, 1.807) is 6.20 Å². The number of carbonyl (C=O) groups is 1.